The van der Waals surface area contributed by atoms with Crippen LogP contribution >= 0.6 is 15.9 Å². The van der Waals surface area contributed by atoms with Gasteiger partial charge in [0.05, 0.1) is 7.11 Å². The molecule has 0 spiro atoms. The molecule has 0 saturated carbocycles. The van der Waals surface area contributed by atoms with Crippen LogP contribution in [0.15, 0.2) is 59.1 Å². The van der Waals surface area contributed by atoms with Crippen molar-refractivity contribution in [1.82, 2.24) is 0 Å². The van der Waals surface area contributed by atoms with Crippen LogP contribution in [0.5, 0.6) is 28.7 Å². The fraction of sp³-hybridized carbons (Fsp3) is 0.130. The first kappa shape index (κ1) is 19.2. The van der Waals surface area contributed by atoms with Gasteiger partial charge in [0.25, 0.3) is 0 Å². The molecule has 1 aliphatic heterocycles. The van der Waals surface area contributed by atoms with Gasteiger partial charge in [-0.05, 0) is 35.4 Å². The maximum Gasteiger partial charge on any atom is 0.231 e. The van der Waals surface area contributed by atoms with E-state index in [9.17, 15) is 5.11 Å². The highest BCUT2D eigenvalue weighted by molar-refractivity contribution is 9.10. The summed E-state index contributed by atoms with van der Waals surface area (Å²) in [5.74, 6) is 1.99. The Bertz CT molecular complexity index is 1050. The summed E-state index contributed by atoms with van der Waals surface area (Å²) in [5.41, 5.74) is 2.57. The van der Waals surface area contributed by atoms with Crippen molar-refractivity contribution >= 4 is 28.1 Å². The molecule has 0 radical (unpaired) electrons. The Morgan fingerprint density at radius 1 is 1.00 bits per heavy atom. The van der Waals surface area contributed by atoms with Crippen LogP contribution < -0.4 is 18.9 Å². The molecule has 0 bridgehead atoms. The number of hydrogen-bond acceptors (Lipinski definition) is 5. The van der Waals surface area contributed by atoms with E-state index in [4.69, 9.17) is 18.9 Å². The van der Waals surface area contributed by atoms with Gasteiger partial charge in [0, 0.05) is 10.0 Å². The number of fused-ring (bicyclic) bond motifs is 1. The Morgan fingerprint density at radius 2 is 1.76 bits per heavy atom. The Labute approximate surface area is 177 Å². The number of halogens is 1. The smallest absolute Gasteiger partial charge is 0.231 e. The predicted molar refractivity (Wildman–Crippen MR) is 115 cm³/mol. The summed E-state index contributed by atoms with van der Waals surface area (Å²) < 4.78 is 22.9. The van der Waals surface area contributed by atoms with Crippen molar-refractivity contribution < 1.29 is 24.1 Å². The second-order valence-electron chi connectivity index (χ2n) is 6.37. The second-order valence-corrected chi connectivity index (χ2v) is 7.23. The number of hydrogen-bond donors (Lipinski definition) is 1. The molecule has 1 aliphatic rings. The minimum atomic E-state index is 0.0159. The van der Waals surface area contributed by atoms with Gasteiger partial charge < -0.3 is 24.1 Å². The lowest BCUT2D eigenvalue weighted by Crippen LogP contribution is -1.95. The third-order valence-corrected chi connectivity index (χ3v) is 5.21. The maximum atomic E-state index is 10.5. The molecule has 0 aliphatic carbocycles. The quantitative estimate of drug-likeness (QED) is 0.488. The first-order valence-electron chi connectivity index (χ1n) is 8.99. The van der Waals surface area contributed by atoms with E-state index in [-0.39, 0.29) is 12.5 Å². The summed E-state index contributed by atoms with van der Waals surface area (Å²) in [6, 6.07) is 17.5. The zero-order valence-electron chi connectivity index (χ0n) is 15.7. The molecule has 5 nitrogen and oxygen atoms in total. The summed E-state index contributed by atoms with van der Waals surface area (Å²) in [5, 5.41) is 10.5. The summed E-state index contributed by atoms with van der Waals surface area (Å²) in [7, 11) is 1.55. The first-order chi connectivity index (χ1) is 14.2. The highest BCUT2D eigenvalue weighted by Gasteiger charge is 2.25. The van der Waals surface area contributed by atoms with Crippen molar-refractivity contribution in [3.63, 3.8) is 0 Å². The Balaban J connectivity index is 1.57. The van der Waals surface area contributed by atoms with E-state index in [1.54, 1.807) is 19.3 Å². The van der Waals surface area contributed by atoms with Gasteiger partial charge in [0.1, 0.15) is 12.4 Å². The van der Waals surface area contributed by atoms with Crippen LogP contribution in [0.25, 0.3) is 12.2 Å². The summed E-state index contributed by atoms with van der Waals surface area (Å²) in [6.45, 7) is 0.546. The molecule has 0 saturated heterocycles. The van der Waals surface area contributed by atoms with Crippen LogP contribution in [0, 0.1) is 0 Å². The molecule has 0 amide bonds. The number of benzene rings is 3. The van der Waals surface area contributed by atoms with Crippen molar-refractivity contribution in [3.8, 4) is 28.7 Å². The van der Waals surface area contributed by atoms with Crippen molar-refractivity contribution in [2.24, 2.45) is 0 Å². The molecule has 3 aromatic rings. The highest BCUT2D eigenvalue weighted by atomic mass is 79.9. The van der Waals surface area contributed by atoms with Crippen LogP contribution in [-0.4, -0.2) is 19.0 Å². The molecule has 1 N–H and O–H groups in total. The third kappa shape index (κ3) is 4.17. The fourth-order valence-electron chi connectivity index (χ4n) is 2.98. The van der Waals surface area contributed by atoms with Crippen LogP contribution in [0.2, 0.25) is 0 Å². The van der Waals surface area contributed by atoms with Gasteiger partial charge in [-0.1, -0.05) is 58.4 Å². The Kier molecular flexibility index (Phi) is 5.62. The lowest BCUT2D eigenvalue weighted by molar-refractivity contribution is 0.169. The lowest BCUT2D eigenvalue weighted by Gasteiger charge is -2.10. The molecule has 29 heavy (non-hydrogen) atoms. The van der Waals surface area contributed by atoms with E-state index in [1.165, 1.54) is 0 Å². The molecule has 3 aromatic carbocycles. The van der Waals surface area contributed by atoms with Crippen LogP contribution in [0.3, 0.4) is 0 Å². The summed E-state index contributed by atoms with van der Waals surface area (Å²) in [6.07, 6.45) is 3.68. The van der Waals surface area contributed by atoms with E-state index in [2.05, 4.69) is 15.9 Å². The average molecular weight is 455 g/mol. The van der Waals surface area contributed by atoms with Crippen molar-refractivity contribution in [2.75, 3.05) is 13.9 Å². The summed E-state index contributed by atoms with van der Waals surface area (Å²) in [4.78, 5) is 0. The van der Waals surface area contributed by atoms with Gasteiger partial charge in [0.15, 0.2) is 11.5 Å². The van der Waals surface area contributed by atoms with Crippen molar-refractivity contribution in [2.45, 2.75) is 6.61 Å². The molecule has 148 valence electrons. The molecular formula is C23H19BrO5. The molecule has 1 heterocycles. The Hall–Kier alpha value is -3.12. The minimum Gasteiger partial charge on any atom is -0.504 e. The van der Waals surface area contributed by atoms with Gasteiger partial charge in [-0.15, -0.1) is 0 Å². The van der Waals surface area contributed by atoms with E-state index in [0.29, 0.717) is 29.4 Å². The van der Waals surface area contributed by atoms with Crippen molar-refractivity contribution in [1.29, 1.82) is 0 Å². The number of phenolic OH excluding ortho intramolecular Hbond substituents is 1. The summed E-state index contributed by atoms with van der Waals surface area (Å²) >= 11 is 3.56. The minimum absolute atomic E-state index is 0.0159. The third-order valence-electron chi connectivity index (χ3n) is 4.49. The second kappa shape index (κ2) is 8.49. The number of rotatable bonds is 6. The van der Waals surface area contributed by atoms with Gasteiger partial charge in [-0.25, -0.2) is 0 Å². The SMILES string of the molecule is COc1cc(/C=C/c2cc(OCc3ccccc3)ccc2Br)c(O)c2c1OCO2. The lowest BCUT2D eigenvalue weighted by atomic mass is 10.1. The van der Waals surface area contributed by atoms with E-state index < -0.39 is 0 Å². The highest BCUT2D eigenvalue weighted by Crippen LogP contribution is 2.49. The molecular weight excluding hydrogens is 436 g/mol. The van der Waals surface area contributed by atoms with E-state index >= 15 is 0 Å². The van der Waals surface area contributed by atoms with Gasteiger partial charge in [-0.2, -0.15) is 0 Å². The van der Waals surface area contributed by atoms with Crippen LogP contribution in [0.4, 0.5) is 0 Å². The normalized spacial score (nSPS) is 12.3. The number of phenols is 1. The Morgan fingerprint density at radius 3 is 2.55 bits per heavy atom. The first-order valence-corrected chi connectivity index (χ1v) is 9.79. The van der Waals surface area contributed by atoms with Gasteiger partial charge in [0.2, 0.25) is 18.3 Å². The van der Waals surface area contributed by atoms with Crippen LogP contribution in [-0.2, 0) is 6.61 Å². The molecule has 0 atom stereocenters. The molecule has 0 unspecified atom stereocenters. The van der Waals surface area contributed by atoms with Crippen LogP contribution in [0.1, 0.15) is 16.7 Å². The van der Waals surface area contributed by atoms with E-state index in [1.807, 2.05) is 54.6 Å². The topological polar surface area (TPSA) is 57.2 Å². The predicted octanol–water partition coefficient (Wildman–Crippen LogP) is 5.64. The number of aromatic hydroxyl groups is 1. The standard InChI is InChI=1S/C23H19BrO5/c1-26-20-12-17(21(25)23-22(20)28-14-29-23)8-7-16-11-18(9-10-19(16)24)27-13-15-5-3-2-4-6-15/h2-12,25H,13-14H2,1H3/b8-7+. The molecule has 4 rings (SSSR count). The van der Waals surface area contributed by atoms with Gasteiger partial charge >= 0.3 is 0 Å². The average Bonchev–Trinajstić information content (AvgIpc) is 3.25. The van der Waals surface area contributed by atoms with E-state index in [0.717, 1.165) is 21.3 Å². The molecule has 0 fully saturated rings. The monoisotopic (exact) mass is 454 g/mol. The molecule has 6 heteroatoms. The zero-order chi connectivity index (χ0) is 20.2. The van der Waals surface area contributed by atoms with Gasteiger partial charge in [-0.3, -0.25) is 0 Å². The maximum absolute atomic E-state index is 10.5. The number of methoxy groups -OCH3 is 1. The zero-order valence-corrected chi connectivity index (χ0v) is 17.3. The van der Waals surface area contributed by atoms with Crippen molar-refractivity contribution in [3.05, 3.63) is 75.8 Å². The fourth-order valence-corrected chi connectivity index (χ4v) is 3.36. The number of ether oxygens (including phenoxy) is 4. The largest absolute Gasteiger partial charge is 0.504 e. The molecule has 0 aromatic heterocycles.